The van der Waals surface area contributed by atoms with Crippen molar-refractivity contribution >= 4 is 34.8 Å². The van der Waals surface area contributed by atoms with E-state index < -0.39 is 11.7 Å². The minimum Gasteiger partial charge on any atom is -0.443 e. The van der Waals surface area contributed by atoms with Gasteiger partial charge in [-0.3, -0.25) is 14.5 Å². The van der Waals surface area contributed by atoms with E-state index >= 15 is 0 Å². The molecule has 13 heteroatoms. The molecule has 0 radical (unpaired) electrons. The van der Waals surface area contributed by atoms with Gasteiger partial charge in [-0.2, -0.15) is 0 Å². The van der Waals surface area contributed by atoms with Gasteiger partial charge in [0.15, 0.2) is 17.2 Å². The molecule has 0 bridgehead atoms. The molecule has 1 aliphatic heterocycles. The lowest BCUT2D eigenvalue weighted by molar-refractivity contribution is 0.00718. The molecule has 41 heavy (non-hydrogen) atoms. The fraction of sp³-hybridized carbons (Fsp3) is 0.536. The second-order valence-corrected chi connectivity index (χ2v) is 11.9. The molecule has 3 aliphatic rings. The van der Waals surface area contributed by atoms with Crippen LogP contribution in [-0.4, -0.2) is 76.3 Å². The number of rotatable bonds is 7. The molecular formula is C28H35N7O6. The number of carbonyl (C=O) groups excluding carboxylic acids is 2. The molecule has 0 unspecified atom stereocenters. The van der Waals surface area contributed by atoms with Crippen LogP contribution in [0.1, 0.15) is 50.1 Å². The highest BCUT2D eigenvalue weighted by atomic mass is 16.6. The topological polar surface area (TPSA) is 141 Å². The second kappa shape index (κ2) is 10.1. The van der Waals surface area contributed by atoms with Crippen molar-refractivity contribution in [3.05, 3.63) is 46.6 Å². The minimum atomic E-state index is -0.724. The van der Waals surface area contributed by atoms with E-state index in [4.69, 9.17) is 14.2 Å². The first-order valence-corrected chi connectivity index (χ1v) is 13.8. The summed E-state index contributed by atoms with van der Waals surface area (Å²) in [5, 5.41) is 10.7. The third kappa shape index (κ3) is 5.04. The van der Waals surface area contributed by atoms with Gasteiger partial charge in [0.25, 0.3) is 11.5 Å². The van der Waals surface area contributed by atoms with E-state index in [2.05, 4.69) is 20.7 Å². The number of amides is 2. The monoisotopic (exact) mass is 565 g/mol. The van der Waals surface area contributed by atoms with Gasteiger partial charge < -0.3 is 29.4 Å². The van der Waals surface area contributed by atoms with E-state index in [9.17, 15) is 14.4 Å². The number of nitrogens with zero attached hydrogens (tertiary/aromatic N) is 5. The summed E-state index contributed by atoms with van der Waals surface area (Å²) in [6.07, 6.45) is 4.24. The van der Waals surface area contributed by atoms with Gasteiger partial charge in [-0.25, -0.2) is 14.3 Å². The summed E-state index contributed by atoms with van der Waals surface area (Å²) in [4.78, 5) is 45.5. The molecule has 3 aromatic rings. The van der Waals surface area contributed by atoms with Crippen LogP contribution in [-0.2, 0) is 14.2 Å². The van der Waals surface area contributed by atoms with Crippen LogP contribution >= 0.6 is 0 Å². The molecule has 2 N–H and O–H groups in total. The average Bonchev–Trinajstić information content (AvgIpc) is 3.21. The van der Waals surface area contributed by atoms with E-state index in [-0.39, 0.29) is 46.8 Å². The van der Waals surface area contributed by atoms with Gasteiger partial charge in [0, 0.05) is 44.3 Å². The number of methoxy groups -OCH3 is 1. The Kier molecular flexibility index (Phi) is 6.73. The number of anilines is 3. The number of imidazole rings is 1. The van der Waals surface area contributed by atoms with Crippen LogP contribution < -0.4 is 21.1 Å². The highest BCUT2D eigenvalue weighted by Crippen LogP contribution is 2.53. The Morgan fingerprint density at radius 3 is 2.61 bits per heavy atom. The quantitative estimate of drug-likeness (QED) is 0.442. The van der Waals surface area contributed by atoms with Crippen LogP contribution in [0.5, 0.6) is 0 Å². The van der Waals surface area contributed by atoms with Crippen molar-refractivity contribution in [1.82, 2.24) is 24.5 Å². The van der Waals surface area contributed by atoms with Crippen LogP contribution in [0.2, 0.25) is 0 Å². The lowest BCUT2D eigenvalue weighted by atomic mass is 9.89. The molecule has 1 saturated heterocycles. The van der Waals surface area contributed by atoms with Crippen LogP contribution in [0.3, 0.4) is 0 Å². The molecule has 2 amide bonds. The van der Waals surface area contributed by atoms with Crippen molar-refractivity contribution in [2.45, 2.75) is 57.4 Å². The van der Waals surface area contributed by atoms with Crippen LogP contribution in [0.25, 0.3) is 5.65 Å². The first kappa shape index (κ1) is 27.2. The zero-order valence-electron chi connectivity index (χ0n) is 23.8. The molecule has 4 heterocycles. The van der Waals surface area contributed by atoms with Crippen LogP contribution in [0.4, 0.5) is 22.0 Å². The maximum atomic E-state index is 13.4. The third-order valence-electron chi connectivity index (χ3n) is 8.01. The number of nitrogens with one attached hydrogen (secondary N) is 2. The molecular weight excluding hydrogens is 530 g/mol. The van der Waals surface area contributed by atoms with Crippen molar-refractivity contribution in [3.63, 3.8) is 0 Å². The summed E-state index contributed by atoms with van der Waals surface area (Å²) in [6, 6.07) is 5.11. The first-order valence-electron chi connectivity index (χ1n) is 13.8. The van der Waals surface area contributed by atoms with Gasteiger partial charge >= 0.3 is 6.09 Å². The summed E-state index contributed by atoms with van der Waals surface area (Å²) >= 11 is 0. The second-order valence-electron chi connectivity index (χ2n) is 11.9. The van der Waals surface area contributed by atoms with Crippen LogP contribution in [0.15, 0.2) is 35.4 Å². The van der Waals surface area contributed by atoms with Crippen molar-refractivity contribution in [3.8, 4) is 0 Å². The van der Waals surface area contributed by atoms with Crippen LogP contribution in [0, 0.1) is 11.8 Å². The molecule has 218 valence electrons. The summed E-state index contributed by atoms with van der Waals surface area (Å²) < 4.78 is 19.6. The summed E-state index contributed by atoms with van der Waals surface area (Å²) in [7, 11) is 3.18. The van der Waals surface area contributed by atoms with E-state index in [1.54, 1.807) is 57.8 Å². The predicted octanol–water partition coefficient (Wildman–Crippen LogP) is 2.73. The van der Waals surface area contributed by atoms with Crippen molar-refractivity contribution in [2.24, 2.45) is 11.8 Å². The Balaban J connectivity index is 1.36. The lowest BCUT2D eigenvalue weighted by Crippen LogP contribution is -2.51. The van der Waals surface area contributed by atoms with E-state index in [0.717, 1.165) is 12.8 Å². The van der Waals surface area contributed by atoms with Gasteiger partial charge in [-0.15, -0.1) is 5.10 Å². The zero-order chi connectivity index (χ0) is 29.1. The van der Waals surface area contributed by atoms with Crippen molar-refractivity contribution in [1.29, 1.82) is 0 Å². The summed E-state index contributed by atoms with van der Waals surface area (Å²) in [5.74, 6) is 0.589. The summed E-state index contributed by atoms with van der Waals surface area (Å²) in [6.45, 7) is 6.66. The molecule has 6 rings (SSSR count). The maximum absolute atomic E-state index is 13.4. The molecule has 3 fully saturated rings. The fourth-order valence-electron chi connectivity index (χ4n) is 5.60. The minimum absolute atomic E-state index is 0.0463. The molecule has 0 spiro atoms. The highest BCUT2D eigenvalue weighted by Gasteiger charge is 2.55. The third-order valence-corrected chi connectivity index (χ3v) is 8.01. The number of pyridine rings is 1. The normalized spacial score (nSPS) is 24.9. The first-order chi connectivity index (χ1) is 19.6. The zero-order valence-corrected chi connectivity index (χ0v) is 23.8. The molecule has 13 nitrogen and oxygen atoms in total. The highest BCUT2D eigenvalue weighted by molar-refractivity contribution is 5.96. The van der Waals surface area contributed by atoms with Gasteiger partial charge in [0.05, 0.1) is 37.2 Å². The van der Waals surface area contributed by atoms with Crippen molar-refractivity contribution in [2.75, 3.05) is 37.6 Å². The van der Waals surface area contributed by atoms with E-state index in [1.165, 1.54) is 15.6 Å². The molecule has 5 atom stereocenters. The predicted molar refractivity (Wildman–Crippen MR) is 150 cm³/mol. The SMILES string of the molecule is CO[C@@H]1CC[C@H]1NC(=O)c1cnc2c(N(C)C(=O)OC(C)(C)C)cc(Nc3cccn([C@H]4[C@@H]5COC[C@@H]54)c3=O)nn12. The number of fused-ring (bicyclic) bond motifs is 2. The van der Waals surface area contributed by atoms with E-state index in [0.29, 0.717) is 36.4 Å². The summed E-state index contributed by atoms with van der Waals surface area (Å²) in [5.41, 5.74) is 0.217. The van der Waals surface area contributed by atoms with Crippen molar-refractivity contribution < 1.29 is 23.8 Å². The van der Waals surface area contributed by atoms with Gasteiger partial charge in [0.1, 0.15) is 11.3 Å². The fourth-order valence-corrected chi connectivity index (χ4v) is 5.60. The Hall–Kier alpha value is -3.97. The Morgan fingerprint density at radius 1 is 1.20 bits per heavy atom. The average molecular weight is 566 g/mol. The molecule has 2 aliphatic carbocycles. The molecule has 2 saturated carbocycles. The number of aromatic nitrogens is 4. The van der Waals surface area contributed by atoms with Gasteiger partial charge in [-0.05, 0) is 45.7 Å². The molecule has 3 aromatic heterocycles. The van der Waals surface area contributed by atoms with Gasteiger partial charge in [-0.1, -0.05) is 0 Å². The van der Waals surface area contributed by atoms with Gasteiger partial charge in [0.2, 0.25) is 0 Å². The standard InChI is InChI=1S/C28H35N7O6/c1-28(2,3)41-27(38)33(4)19-11-22(30-18-7-6-10-34(26(18)37)23-15-13-40-14-16(15)23)32-35-20(12-29-24(19)35)25(36)31-17-8-9-21(17)39-5/h6-7,10-12,15-17,21,23H,8-9,13-14H2,1-5H3,(H,30,32)(H,31,36)/t15-,16+,17-,21-,23+/m1/s1. The maximum Gasteiger partial charge on any atom is 0.414 e. The number of ether oxygens (including phenoxy) is 3. The lowest BCUT2D eigenvalue weighted by Gasteiger charge is -2.35. The Bertz CT molecular complexity index is 1550. The number of hydrogen-bond donors (Lipinski definition) is 2. The Morgan fingerprint density at radius 2 is 1.95 bits per heavy atom. The largest absolute Gasteiger partial charge is 0.443 e. The smallest absolute Gasteiger partial charge is 0.414 e. The number of hydrogen-bond acceptors (Lipinski definition) is 9. The van der Waals surface area contributed by atoms with E-state index in [1.807, 2.05) is 6.07 Å². The Labute approximate surface area is 236 Å². The number of carbonyl (C=O) groups is 2. The molecule has 0 aromatic carbocycles.